The molecule has 1 fully saturated rings. The predicted molar refractivity (Wildman–Crippen MR) is 119 cm³/mol. The molecule has 0 atom stereocenters. The molecule has 1 heterocycles. The van der Waals surface area contributed by atoms with Crippen molar-refractivity contribution in [1.82, 2.24) is 0 Å². The molecule has 1 aliphatic carbocycles. The largest absolute Gasteiger partial charge is 0.353 e. The van der Waals surface area contributed by atoms with Crippen molar-refractivity contribution in [1.29, 1.82) is 0 Å². The zero-order valence-corrected chi connectivity index (χ0v) is 16.2. The van der Waals surface area contributed by atoms with E-state index >= 15 is 0 Å². The van der Waals surface area contributed by atoms with Crippen molar-refractivity contribution < 1.29 is 9.47 Å². The molecule has 0 radical (unpaired) electrons. The monoisotopic (exact) mass is 378 g/mol. The van der Waals surface area contributed by atoms with E-state index in [4.69, 9.17) is 9.47 Å². The highest BCUT2D eigenvalue weighted by atomic mass is 16.7. The Kier molecular flexibility index (Phi) is 4.95. The molecule has 2 aliphatic rings. The van der Waals surface area contributed by atoms with Gasteiger partial charge in [-0.3, -0.25) is 0 Å². The van der Waals surface area contributed by atoms with Crippen LogP contribution in [-0.2, 0) is 9.47 Å². The van der Waals surface area contributed by atoms with Gasteiger partial charge in [-0.15, -0.1) is 0 Å². The van der Waals surface area contributed by atoms with Gasteiger partial charge in [0.2, 0.25) is 0 Å². The van der Waals surface area contributed by atoms with Gasteiger partial charge < -0.3 is 9.47 Å². The molecule has 2 heteroatoms. The summed E-state index contributed by atoms with van der Waals surface area (Å²) in [6.07, 6.45) is 0. The van der Waals surface area contributed by atoms with Crippen LogP contribution in [0, 0.1) is 0 Å². The number of hydrogen-bond acceptors (Lipinski definition) is 2. The molecule has 2 nitrogen and oxygen atoms in total. The Labute approximate surface area is 171 Å². The van der Waals surface area contributed by atoms with Crippen LogP contribution in [0.2, 0.25) is 0 Å². The summed E-state index contributed by atoms with van der Waals surface area (Å²) in [6, 6.07) is 34.9. The van der Waals surface area contributed by atoms with Crippen LogP contribution in [0.1, 0.15) is 0 Å². The molecule has 0 bridgehead atoms. The molecular formula is C27H22O2. The van der Waals surface area contributed by atoms with Gasteiger partial charge in [0.1, 0.15) is 6.79 Å². The number of ether oxygens (including phenoxy) is 2. The molecule has 0 aromatic heterocycles. The lowest BCUT2D eigenvalue weighted by molar-refractivity contribution is 0.0692. The Morgan fingerprint density at radius 1 is 0.345 bits per heavy atom. The highest BCUT2D eigenvalue weighted by molar-refractivity contribution is 6.02. The van der Waals surface area contributed by atoms with Crippen molar-refractivity contribution in [2.45, 2.75) is 0 Å². The van der Waals surface area contributed by atoms with Crippen molar-refractivity contribution in [3.05, 3.63) is 97.1 Å². The van der Waals surface area contributed by atoms with E-state index < -0.39 is 0 Å². The SMILES string of the molecule is C1COCO1.c1ccc2c(c1)-c1ccccc1-c1ccccc1-c1ccccc1-2. The van der Waals surface area contributed by atoms with Crippen molar-refractivity contribution in [2.75, 3.05) is 20.0 Å². The fourth-order valence-corrected chi connectivity index (χ4v) is 4.11. The van der Waals surface area contributed by atoms with Gasteiger partial charge in [-0.2, -0.15) is 0 Å². The van der Waals surface area contributed by atoms with Crippen LogP contribution in [-0.4, -0.2) is 20.0 Å². The topological polar surface area (TPSA) is 18.5 Å². The first-order chi connectivity index (χ1) is 14.4. The number of rotatable bonds is 0. The smallest absolute Gasteiger partial charge is 0.146 e. The second-order valence-corrected chi connectivity index (χ2v) is 7.12. The summed E-state index contributed by atoms with van der Waals surface area (Å²) < 4.78 is 9.44. The van der Waals surface area contributed by atoms with Gasteiger partial charge in [-0.25, -0.2) is 0 Å². The van der Waals surface area contributed by atoms with Crippen molar-refractivity contribution in [3.63, 3.8) is 0 Å². The Bertz CT molecular complexity index is 848. The number of hydrogen-bond donors (Lipinski definition) is 0. The van der Waals surface area contributed by atoms with Crippen LogP contribution in [0.25, 0.3) is 44.5 Å². The highest BCUT2D eigenvalue weighted by Gasteiger charge is 2.20. The molecule has 0 saturated carbocycles. The molecule has 0 amide bonds. The van der Waals surface area contributed by atoms with E-state index in [1.165, 1.54) is 44.5 Å². The first-order valence-electron chi connectivity index (χ1n) is 9.96. The molecule has 0 N–H and O–H groups in total. The summed E-state index contributed by atoms with van der Waals surface area (Å²) in [5, 5.41) is 0. The third-order valence-electron chi connectivity index (χ3n) is 5.41. The Morgan fingerprint density at radius 2 is 0.552 bits per heavy atom. The highest BCUT2D eigenvalue weighted by Crippen LogP contribution is 2.46. The maximum absolute atomic E-state index is 4.72. The maximum atomic E-state index is 4.72. The standard InChI is InChI=1S/C24H16.C3H6O2/c1-2-10-18-17(9-1)19-11-3-4-13-21(19)23-15-7-8-16-24(23)22-14-6-5-12-20(18)22;1-2-5-3-4-1/h1-16H;1-3H2. The first-order valence-corrected chi connectivity index (χ1v) is 9.96. The van der Waals surface area contributed by atoms with Gasteiger partial charge in [-0.05, 0) is 44.5 Å². The van der Waals surface area contributed by atoms with Gasteiger partial charge in [0.25, 0.3) is 0 Å². The summed E-state index contributed by atoms with van der Waals surface area (Å²) >= 11 is 0. The molecule has 0 unspecified atom stereocenters. The van der Waals surface area contributed by atoms with E-state index in [1.54, 1.807) is 0 Å². The van der Waals surface area contributed by atoms with E-state index in [0.29, 0.717) is 6.79 Å². The average molecular weight is 378 g/mol. The minimum absolute atomic E-state index is 0.500. The lowest BCUT2D eigenvalue weighted by Gasteiger charge is -2.22. The number of fused-ring (bicyclic) bond motifs is 8. The summed E-state index contributed by atoms with van der Waals surface area (Å²) in [4.78, 5) is 0. The minimum atomic E-state index is 0.500. The van der Waals surface area contributed by atoms with Crippen molar-refractivity contribution >= 4 is 0 Å². The van der Waals surface area contributed by atoms with Crippen molar-refractivity contribution in [2.24, 2.45) is 0 Å². The normalized spacial score (nSPS) is 13.5. The Morgan fingerprint density at radius 3 is 0.690 bits per heavy atom. The van der Waals surface area contributed by atoms with Crippen LogP contribution in [0.4, 0.5) is 0 Å². The van der Waals surface area contributed by atoms with Crippen LogP contribution >= 0.6 is 0 Å². The fraction of sp³-hybridized carbons (Fsp3) is 0.111. The summed E-state index contributed by atoms with van der Waals surface area (Å²) in [7, 11) is 0. The molecule has 29 heavy (non-hydrogen) atoms. The van der Waals surface area contributed by atoms with Crippen LogP contribution < -0.4 is 0 Å². The van der Waals surface area contributed by atoms with Crippen LogP contribution in [0.5, 0.6) is 0 Å². The van der Waals surface area contributed by atoms with Crippen molar-refractivity contribution in [3.8, 4) is 44.5 Å². The van der Waals surface area contributed by atoms with Gasteiger partial charge in [0, 0.05) is 0 Å². The molecule has 142 valence electrons. The van der Waals surface area contributed by atoms with Gasteiger partial charge in [-0.1, -0.05) is 97.1 Å². The number of benzene rings is 4. The van der Waals surface area contributed by atoms with Gasteiger partial charge in [0.15, 0.2) is 0 Å². The van der Waals surface area contributed by atoms with E-state index in [2.05, 4.69) is 97.1 Å². The maximum Gasteiger partial charge on any atom is 0.146 e. The Hall–Kier alpha value is -3.20. The third kappa shape index (κ3) is 3.38. The first kappa shape index (κ1) is 17.9. The molecule has 1 aliphatic heterocycles. The Balaban J connectivity index is 0.000000319. The minimum Gasteiger partial charge on any atom is -0.353 e. The predicted octanol–water partition coefficient (Wildman–Crippen LogP) is 6.66. The summed E-state index contributed by atoms with van der Waals surface area (Å²) in [5.41, 5.74) is 10.4. The molecule has 4 aromatic rings. The molecule has 6 rings (SSSR count). The van der Waals surface area contributed by atoms with Gasteiger partial charge >= 0.3 is 0 Å². The molecule has 1 saturated heterocycles. The summed E-state index contributed by atoms with van der Waals surface area (Å²) in [6.45, 7) is 2.06. The molecule has 0 spiro atoms. The lowest BCUT2D eigenvalue weighted by atomic mass is 9.81. The zero-order valence-electron chi connectivity index (χ0n) is 16.2. The summed E-state index contributed by atoms with van der Waals surface area (Å²) in [5.74, 6) is 0. The third-order valence-corrected chi connectivity index (χ3v) is 5.41. The average Bonchev–Trinajstić information content (AvgIpc) is 3.39. The quantitative estimate of drug-likeness (QED) is 0.300. The van der Waals surface area contributed by atoms with E-state index in [0.717, 1.165) is 13.2 Å². The fourth-order valence-electron chi connectivity index (χ4n) is 4.11. The molecular weight excluding hydrogens is 356 g/mol. The second-order valence-electron chi connectivity index (χ2n) is 7.12. The molecule has 4 aromatic carbocycles. The second kappa shape index (κ2) is 8.04. The zero-order chi connectivity index (χ0) is 19.5. The lowest BCUT2D eigenvalue weighted by Crippen LogP contribution is -1.96. The van der Waals surface area contributed by atoms with E-state index in [9.17, 15) is 0 Å². The van der Waals surface area contributed by atoms with E-state index in [-0.39, 0.29) is 0 Å². The van der Waals surface area contributed by atoms with Crippen LogP contribution in [0.15, 0.2) is 97.1 Å². The van der Waals surface area contributed by atoms with Gasteiger partial charge in [0.05, 0.1) is 13.2 Å². The van der Waals surface area contributed by atoms with Crippen LogP contribution in [0.3, 0.4) is 0 Å². The van der Waals surface area contributed by atoms with E-state index in [1.807, 2.05) is 0 Å².